The number of nitriles is 8. The van der Waals surface area contributed by atoms with E-state index < -0.39 is 11.8 Å². The minimum Gasteiger partial charge on any atom is -0.309 e. The van der Waals surface area contributed by atoms with E-state index in [4.69, 9.17) is 0 Å². The molecule has 196 valence electrons. The van der Waals surface area contributed by atoms with E-state index in [-0.39, 0.29) is 110 Å². The molecule has 2 heterocycles. The Kier molecular flexibility index (Phi) is 4.55. The average molecular weight is 562 g/mol. The number of nitrogens with zero attached hydrogens (tertiary/aromatic N) is 10. The topological polar surface area (TPSA) is 231 Å². The van der Waals surface area contributed by atoms with Crippen LogP contribution in [0.15, 0.2) is 0 Å². The standard InChI is InChI=1S/C32H6N10O2/c1-41-29-17(9-39)15(7-37)21-20-12(4-34)14(6-36)24-28-26(20)22(16(8-38)18(10-40)30(28)42(2)32(24)44)19-11(3-33)13(5-35)23(31(41)43)27(29)25(19)21/h1-2H3. The lowest BCUT2D eigenvalue weighted by Gasteiger charge is -2.22. The maximum atomic E-state index is 13.6. The molecule has 2 aliphatic rings. The lowest BCUT2D eigenvalue weighted by molar-refractivity contribution is 0.0991. The first kappa shape index (κ1) is 25.2. The summed E-state index contributed by atoms with van der Waals surface area (Å²) >= 11 is 0. The summed E-state index contributed by atoms with van der Waals surface area (Å²) in [6.07, 6.45) is 0. The summed E-state index contributed by atoms with van der Waals surface area (Å²) in [5.41, 5.74) is -2.80. The van der Waals surface area contributed by atoms with Gasteiger partial charge in [-0.15, -0.1) is 0 Å². The van der Waals surface area contributed by atoms with Crippen LogP contribution >= 0.6 is 0 Å². The lowest BCUT2D eigenvalue weighted by atomic mass is 9.77. The molecule has 0 aliphatic carbocycles. The third-order valence-electron chi connectivity index (χ3n) is 8.55. The number of fused-ring (bicyclic) bond motifs is 2. The minimum absolute atomic E-state index is 0.00442. The predicted octanol–water partition coefficient (Wildman–Crippen LogP) is 3.89. The molecule has 0 saturated carbocycles. The van der Waals surface area contributed by atoms with Crippen molar-refractivity contribution < 1.29 is 9.59 Å². The molecule has 0 spiro atoms. The molecule has 7 rings (SSSR count). The number of rotatable bonds is 0. The first-order valence-electron chi connectivity index (χ1n) is 12.5. The van der Waals surface area contributed by atoms with Crippen LogP contribution in [0.2, 0.25) is 0 Å². The van der Waals surface area contributed by atoms with E-state index in [1.165, 1.54) is 14.1 Å². The van der Waals surface area contributed by atoms with E-state index in [2.05, 4.69) is 0 Å². The Morgan fingerprint density at radius 3 is 0.864 bits per heavy atom. The Labute approximate surface area is 245 Å². The monoisotopic (exact) mass is 562 g/mol. The number of hydrogen-bond donors (Lipinski definition) is 0. The van der Waals surface area contributed by atoms with Crippen LogP contribution in [0.3, 0.4) is 0 Å². The average Bonchev–Trinajstić information content (AvgIpc) is 3.46. The minimum atomic E-state index is -0.722. The van der Waals surface area contributed by atoms with Crippen molar-refractivity contribution in [1.29, 1.82) is 42.1 Å². The van der Waals surface area contributed by atoms with Crippen LogP contribution < -0.4 is 9.80 Å². The van der Waals surface area contributed by atoms with Gasteiger partial charge >= 0.3 is 0 Å². The fourth-order valence-electron chi connectivity index (χ4n) is 6.99. The molecule has 5 aromatic rings. The van der Waals surface area contributed by atoms with Crippen LogP contribution in [0.1, 0.15) is 65.2 Å². The Morgan fingerprint density at radius 1 is 0.364 bits per heavy atom. The number of carbonyl (C=O) groups excluding carboxylic acids is 2. The summed E-state index contributed by atoms with van der Waals surface area (Å²) < 4.78 is 0. The van der Waals surface area contributed by atoms with Crippen LogP contribution in [-0.4, -0.2) is 25.9 Å². The van der Waals surface area contributed by atoms with Crippen molar-refractivity contribution in [3.63, 3.8) is 0 Å². The zero-order valence-electron chi connectivity index (χ0n) is 22.3. The van der Waals surface area contributed by atoms with Crippen LogP contribution in [0.4, 0.5) is 11.4 Å². The molecule has 12 nitrogen and oxygen atoms in total. The van der Waals surface area contributed by atoms with Crippen molar-refractivity contribution in [2.24, 2.45) is 0 Å². The van der Waals surface area contributed by atoms with Crippen molar-refractivity contribution in [2.75, 3.05) is 23.9 Å². The van der Waals surface area contributed by atoms with Crippen LogP contribution in [0.5, 0.6) is 0 Å². The van der Waals surface area contributed by atoms with Crippen molar-refractivity contribution in [2.45, 2.75) is 0 Å². The van der Waals surface area contributed by atoms with E-state index in [1.807, 2.05) is 48.6 Å². The summed E-state index contributed by atoms with van der Waals surface area (Å²) in [5.74, 6) is -1.44. The molecule has 0 aromatic heterocycles. The molecule has 0 saturated heterocycles. The highest BCUT2D eigenvalue weighted by molar-refractivity contribution is 6.46. The Balaban J connectivity index is 2.12. The number of hydrogen-bond acceptors (Lipinski definition) is 10. The van der Waals surface area contributed by atoms with E-state index in [0.717, 1.165) is 9.80 Å². The van der Waals surface area contributed by atoms with E-state index >= 15 is 0 Å². The van der Waals surface area contributed by atoms with Gasteiger partial charge in [-0.25, -0.2) is 0 Å². The highest BCUT2D eigenvalue weighted by Gasteiger charge is 2.43. The van der Waals surface area contributed by atoms with Crippen molar-refractivity contribution in [1.82, 2.24) is 0 Å². The first-order valence-corrected chi connectivity index (χ1v) is 12.5. The van der Waals surface area contributed by atoms with Gasteiger partial charge in [0, 0.05) is 57.2 Å². The zero-order valence-corrected chi connectivity index (χ0v) is 22.3. The van der Waals surface area contributed by atoms with E-state index in [1.54, 1.807) is 0 Å². The Hall–Kier alpha value is -7.74. The molecule has 0 fully saturated rings. The fourth-order valence-corrected chi connectivity index (χ4v) is 6.99. The number of amides is 2. The molecule has 12 heteroatoms. The number of anilines is 2. The van der Waals surface area contributed by atoms with Crippen LogP contribution in [0.25, 0.3) is 43.1 Å². The molecule has 0 unspecified atom stereocenters. The maximum absolute atomic E-state index is 13.6. The molecular formula is C32H6N10O2. The zero-order chi connectivity index (χ0) is 31.5. The lowest BCUT2D eigenvalue weighted by Crippen LogP contribution is -2.22. The number of carbonyl (C=O) groups is 2. The highest BCUT2D eigenvalue weighted by atomic mass is 16.2. The number of benzene rings is 5. The summed E-state index contributed by atoms with van der Waals surface area (Å²) in [7, 11) is 2.69. The van der Waals surface area contributed by atoms with E-state index in [0.29, 0.717) is 0 Å². The fraction of sp³-hybridized carbons (Fsp3) is 0.0625. The van der Waals surface area contributed by atoms with Gasteiger partial charge in [0.15, 0.2) is 0 Å². The second-order valence-electron chi connectivity index (χ2n) is 10.1. The smallest absolute Gasteiger partial charge is 0.260 e. The molecule has 0 N–H and O–H groups in total. The molecule has 2 amide bonds. The summed E-state index contributed by atoms with van der Waals surface area (Å²) in [6, 6.07) is 15.7. The van der Waals surface area contributed by atoms with Crippen LogP contribution in [0, 0.1) is 90.6 Å². The van der Waals surface area contributed by atoms with Crippen LogP contribution in [-0.2, 0) is 0 Å². The summed E-state index contributed by atoms with van der Waals surface area (Å²) in [6.45, 7) is 0. The molecule has 0 radical (unpaired) electrons. The van der Waals surface area contributed by atoms with Crippen molar-refractivity contribution in [3.8, 4) is 48.6 Å². The Bertz CT molecular complexity index is 2560. The summed E-state index contributed by atoms with van der Waals surface area (Å²) in [5, 5.41) is 83.1. The van der Waals surface area contributed by atoms with Gasteiger partial charge in [0.25, 0.3) is 11.8 Å². The molecule has 2 aliphatic heterocycles. The molecule has 0 bridgehead atoms. The normalized spacial score (nSPS) is 12.6. The third kappa shape index (κ3) is 2.30. The van der Waals surface area contributed by atoms with Crippen molar-refractivity contribution in [3.05, 3.63) is 55.6 Å². The third-order valence-corrected chi connectivity index (χ3v) is 8.55. The van der Waals surface area contributed by atoms with Gasteiger partial charge in [0.05, 0.1) is 67.0 Å². The second kappa shape index (κ2) is 7.93. The molecule has 5 aromatic carbocycles. The van der Waals surface area contributed by atoms with E-state index in [9.17, 15) is 51.7 Å². The summed E-state index contributed by atoms with van der Waals surface area (Å²) in [4.78, 5) is 29.4. The van der Waals surface area contributed by atoms with Gasteiger partial charge in [-0.3, -0.25) is 9.59 Å². The second-order valence-corrected chi connectivity index (χ2v) is 10.1. The molecular weight excluding hydrogens is 556 g/mol. The van der Waals surface area contributed by atoms with Gasteiger partial charge in [-0.1, -0.05) is 0 Å². The van der Waals surface area contributed by atoms with Crippen molar-refractivity contribution >= 4 is 66.3 Å². The molecule has 44 heavy (non-hydrogen) atoms. The van der Waals surface area contributed by atoms with Gasteiger partial charge in [-0.05, 0) is 0 Å². The SMILES string of the molecule is CN1C(=O)c2c(C#N)c(C#N)c3c4c(C#N)c(C#N)c5c6c(c(C#N)c(C#N)c(c7c(C#N)c(C#N)c1c2c37)c64)C(=O)N5C. The van der Waals surface area contributed by atoms with Gasteiger partial charge in [0.1, 0.15) is 48.6 Å². The maximum Gasteiger partial charge on any atom is 0.260 e. The Morgan fingerprint density at radius 2 is 0.614 bits per heavy atom. The largest absolute Gasteiger partial charge is 0.309 e. The highest BCUT2D eigenvalue weighted by Crippen LogP contribution is 2.56. The van der Waals surface area contributed by atoms with Gasteiger partial charge in [0.2, 0.25) is 0 Å². The molecule has 0 atom stereocenters. The predicted molar refractivity (Wildman–Crippen MR) is 151 cm³/mol. The van der Waals surface area contributed by atoms with Gasteiger partial charge < -0.3 is 9.80 Å². The van der Waals surface area contributed by atoms with Gasteiger partial charge in [-0.2, -0.15) is 42.1 Å². The first-order chi connectivity index (χ1) is 21.2. The quantitative estimate of drug-likeness (QED) is 0.195.